The minimum absolute atomic E-state index is 0.912. The fourth-order valence-electron chi connectivity index (χ4n) is 1.27. The Bertz CT molecular complexity index is 309. The van der Waals surface area contributed by atoms with E-state index in [2.05, 4.69) is 56.4 Å². The molecule has 1 N–H and O–H groups in total. The van der Waals surface area contributed by atoms with E-state index in [0.717, 1.165) is 13.0 Å². The van der Waals surface area contributed by atoms with Gasteiger partial charge in [0.15, 0.2) is 0 Å². The van der Waals surface area contributed by atoms with Gasteiger partial charge in [-0.05, 0) is 38.0 Å². The van der Waals surface area contributed by atoms with Gasteiger partial charge in [-0.3, -0.25) is 0 Å². The van der Waals surface area contributed by atoms with Crippen molar-refractivity contribution in [3.8, 4) is 0 Å². The second kappa shape index (κ2) is 5.48. The van der Waals surface area contributed by atoms with Crippen LogP contribution in [0.5, 0.6) is 0 Å². The van der Waals surface area contributed by atoms with E-state index in [-0.39, 0.29) is 0 Å². The third-order valence-corrected chi connectivity index (χ3v) is 2.15. The summed E-state index contributed by atoms with van der Waals surface area (Å²) in [6.45, 7) is 7.32. The van der Waals surface area contributed by atoms with Gasteiger partial charge < -0.3 is 5.32 Å². The SMILES string of the molecule is CCc1cccc(NCC=C(C)C)c1. The third kappa shape index (κ3) is 3.65. The second-order valence-electron chi connectivity index (χ2n) is 3.72. The van der Waals surface area contributed by atoms with Crippen molar-refractivity contribution >= 4 is 5.69 Å². The van der Waals surface area contributed by atoms with Crippen LogP contribution in [0.15, 0.2) is 35.9 Å². The van der Waals surface area contributed by atoms with Gasteiger partial charge in [-0.25, -0.2) is 0 Å². The van der Waals surface area contributed by atoms with Gasteiger partial charge in [-0.2, -0.15) is 0 Å². The van der Waals surface area contributed by atoms with Crippen LogP contribution in [0.2, 0.25) is 0 Å². The fourth-order valence-corrected chi connectivity index (χ4v) is 1.27. The summed E-state index contributed by atoms with van der Waals surface area (Å²) in [6, 6.07) is 8.58. The minimum Gasteiger partial charge on any atom is -0.382 e. The Labute approximate surface area is 86.8 Å². The van der Waals surface area contributed by atoms with E-state index in [1.54, 1.807) is 0 Å². The number of allylic oxidation sites excluding steroid dienone is 1. The largest absolute Gasteiger partial charge is 0.382 e. The van der Waals surface area contributed by atoms with Crippen molar-refractivity contribution in [1.29, 1.82) is 0 Å². The third-order valence-electron chi connectivity index (χ3n) is 2.15. The second-order valence-corrected chi connectivity index (χ2v) is 3.72. The summed E-state index contributed by atoms with van der Waals surface area (Å²) in [4.78, 5) is 0. The Morgan fingerprint density at radius 2 is 2.14 bits per heavy atom. The minimum atomic E-state index is 0.912. The molecule has 0 amide bonds. The summed E-state index contributed by atoms with van der Waals surface area (Å²) < 4.78 is 0. The molecule has 0 fully saturated rings. The Morgan fingerprint density at radius 1 is 1.36 bits per heavy atom. The highest BCUT2D eigenvalue weighted by atomic mass is 14.8. The average Bonchev–Trinajstić information content (AvgIpc) is 2.18. The zero-order valence-electron chi connectivity index (χ0n) is 9.30. The normalized spacial score (nSPS) is 9.64. The Morgan fingerprint density at radius 3 is 2.79 bits per heavy atom. The topological polar surface area (TPSA) is 12.0 Å². The van der Waals surface area contributed by atoms with Gasteiger partial charge in [0.05, 0.1) is 0 Å². The number of benzene rings is 1. The predicted octanol–water partition coefficient (Wildman–Crippen LogP) is 3.63. The molecule has 0 heterocycles. The lowest BCUT2D eigenvalue weighted by Crippen LogP contribution is -1.98. The van der Waals surface area contributed by atoms with Crippen molar-refractivity contribution in [1.82, 2.24) is 0 Å². The quantitative estimate of drug-likeness (QED) is 0.713. The Balaban J connectivity index is 2.54. The van der Waals surface area contributed by atoms with Crippen LogP contribution in [0.3, 0.4) is 0 Å². The molecular weight excluding hydrogens is 170 g/mol. The average molecular weight is 189 g/mol. The lowest BCUT2D eigenvalue weighted by atomic mass is 10.1. The zero-order valence-corrected chi connectivity index (χ0v) is 9.30. The molecule has 0 saturated heterocycles. The molecule has 1 aromatic carbocycles. The smallest absolute Gasteiger partial charge is 0.0345 e. The first kappa shape index (κ1) is 10.8. The molecule has 0 radical (unpaired) electrons. The van der Waals surface area contributed by atoms with Gasteiger partial charge in [0.1, 0.15) is 0 Å². The summed E-state index contributed by atoms with van der Waals surface area (Å²) >= 11 is 0. The van der Waals surface area contributed by atoms with Crippen molar-refractivity contribution in [2.75, 3.05) is 11.9 Å². The molecule has 1 heteroatoms. The Hall–Kier alpha value is -1.24. The molecule has 1 aromatic rings. The Kier molecular flexibility index (Phi) is 4.24. The van der Waals surface area contributed by atoms with Crippen molar-refractivity contribution in [2.45, 2.75) is 27.2 Å². The molecule has 76 valence electrons. The molecule has 0 bridgehead atoms. The lowest BCUT2D eigenvalue weighted by Gasteiger charge is -2.05. The summed E-state index contributed by atoms with van der Waals surface area (Å²) in [6.07, 6.45) is 3.29. The van der Waals surface area contributed by atoms with E-state index in [0.29, 0.717) is 0 Å². The molecule has 14 heavy (non-hydrogen) atoms. The van der Waals surface area contributed by atoms with Crippen molar-refractivity contribution in [3.05, 3.63) is 41.5 Å². The molecule has 0 saturated carbocycles. The van der Waals surface area contributed by atoms with Gasteiger partial charge in [0.25, 0.3) is 0 Å². The summed E-state index contributed by atoms with van der Waals surface area (Å²) in [5, 5.41) is 3.37. The number of nitrogens with one attached hydrogen (secondary N) is 1. The molecule has 0 aromatic heterocycles. The molecule has 1 rings (SSSR count). The first-order valence-corrected chi connectivity index (χ1v) is 5.18. The van der Waals surface area contributed by atoms with E-state index in [9.17, 15) is 0 Å². The molecule has 0 spiro atoms. The maximum atomic E-state index is 3.37. The van der Waals surface area contributed by atoms with E-state index >= 15 is 0 Å². The van der Waals surface area contributed by atoms with E-state index < -0.39 is 0 Å². The van der Waals surface area contributed by atoms with Crippen LogP contribution >= 0.6 is 0 Å². The maximum absolute atomic E-state index is 3.37. The first-order valence-electron chi connectivity index (χ1n) is 5.18. The summed E-state index contributed by atoms with van der Waals surface area (Å²) in [5.41, 5.74) is 3.94. The van der Waals surface area contributed by atoms with Crippen molar-refractivity contribution in [2.24, 2.45) is 0 Å². The molecule has 0 aliphatic carbocycles. The zero-order chi connectivity index (χ0) is 10.4. The van der Waals surface area contributed by atoms with Gasteiger partial charge in [0, 0.05) is 12.2 Å². The summed E-state index contributed by atoms with van der Waals surface area (Å²) in [5.74, 6) is 0. The first-order chi connectivity index (χ1) is 6.72. The van der Waals surface area contributed by atoms with Gasteiger partial charge in [-0.15, -0.1) is 0 Å². The number of anilines is 1. The van der Waals surface area contributed by atoms with Crippen LogP contribution in [-0.2, 0) is 6.42 Å². The van der Waals surface area contributed by atoms with Gasteiger partial charge in [0.2, 0.25) is 0 Å². The molecule has 0 aliphatic rings. The number of hydrogen-bond donors (Lipinski definition) is 1. The molecule has 0 unspecified atom stereocenters. The van der Waals surface area contributed by atoms with Crippen LogP contribution in [0, 0.1) is 0 Å². The number of aryl methyl sites for hydroxylation is 1. The van der Waals surface area contributed by atoms with E-state index in [1.807, 2.05) is 0 Å². The van der Waals surface area contributed by atoms with Crippen LogP contribution in [0.25, 0.3) is 0 Å². The predicted molar refractivity (Wildman–Crippen MR) is 63.7 cm³/mol. The van der Waals surface area contributed by atoms with E-state index in [1.165, 1.54) is 16.8 Å². The van der Waals surface area contributed by atoms with Crippen LogP contribution < -0.4 is 5.32 Å². The molecular formula is C13H19N. The highest BCUT2D eigenvalue weighted by Gasteiger charge is 1.91. The van der Waals surface area contributed by atoms with Crippen LogP contribution in [-0.4, -0.2) is 6.54 Å². The van der Waals surface area contributed by atoms with Crippen LogP contribution in [0.1, 0.15) is 26.3 Å². The molecule has 0 aliphatic heterocycles. The fraction of sp³-hybridized carbons (Fsp3) is 0.385. The molecule has 0 atom stereocenters. The monoisotopic (exact) mass is 189 g/mol. The lowest BCUT2D eigenvalue weighted by molar-refractivity contribution is 1.14. The van der Waals surface area contributed by atoms with Crippen LogP contribution in [0.4, 0.5) is 5.69 Å². The van der Waals surface area contributed by atoms with E-state index in [4.69, 9.17) is 0 Å². The standard InChI is InChI=1S/C13H19N/c1-4-12-6-5-7-13(10-12)14-9-8-11(2)3/h5-8,10,14H,4,9H2,1-3H3. The highest BCUT2D eigenvalue weighted by molar-refractivity contribution is 5.46. The van der Waals surface area contributed by atoms with Gasteiger partial charge >= 0.3 is 0 Å². The molecule has 1 nitrogen and oxygen atoms in total. The number of rotatable bonds is 4. The van der Waals surface area contributed by atoms with Crippen molar-refractivity contribution in [3.63, 3.8) is 0 Å². The summed E-state index contributed by atoms with van der Waals surface area (Å²) in [7, 11) is 0. The maximum Gasteiger partial charge on any atom is 0.0345 e. The highest BCUT2D eigenvalue weighted by Crippen LogP contribution is 2.10. The number of hydrogen-bond acceptors (Lipinski definition) is 1. The van der Waals surface area contributed by atoms with Crippen molar-refractivity contribution < 1.29 is 0 Å². The van der Waals surface area contributed by atoms with Gasteiger partial charge in [-0.1, -0.05) is 30.7 Å².